The average Bonchev–Trinajstić information content (AvgIpc) is 3.31. The number of rotatable bonds is 5. The molecule has 0 saturated heterocycles. The van der Waals surface area contributed by atoms with Gasteiger partial charge in [-0.3, -0.25) is 14.9 Å². The predicted molar refractivity (Wildman–Crippen MR) is 94.8 cm³/mol. The summed E-state index contributed by atoms with van der Waals surface area (Å²) in [5, 5.41) is 25.0. The fourth-order valence-corrected chi connectivity index (χ4v) is 2.67. The van der Waals surface area contributed by atoms with Crippen LogP contribution in [0, 0.1) is 10.1 Å². The molecule has 0 aliphatic carbocycles. The lowest BCUT2D eigenvalue weighted by molar-refractivity contribution is -0.384. The van der Waals surface area contributed by atoms with E-state index >= 15 is 0 Å². The Labute approximate surface area is 151 Å². The predicted octanol–water partition coefficient (Wildman–Crippen LogP) is 2.63. The molecule has 0 unspecified atom stereocenters. The summed E-state index contributed by atoms with van der Waals surface area (Å²) in [6.07, 6.45) is 1.30. The van der Waals surface area contributed by atoms with Crippen LogP contribution in [0.15, 0.2) is 59.3 Å². The minimum atomic E-state index is -0.541. The van der Waals surface area contributed by atoms with Crippen molar-refractivity contribution in [1.29, 1.82) is 0 Å². The number of non-ortho nitro benzene ring substituents is 1. The maximum atomic E-state index is 12.3. The molecular weight excluding hydrogens is 352 g/mol. The Morgan fingerprint density at radius 1 is 1.22 bits per heavy atom. The van der Waals surface area contributed by atoms with Gasteiger partial charge < -0.3 is 9.73 Å². The molecule has 27 heavy (non-hydrogen) atoms. The normalized spacial score (nSPS) is 10.8. The number of benzene rings is 2. The number of carbonyl (C=O) groups excluding carboxylic acids is 1. The number of anilines is 1. The molecule has 4 rings (SSSR count). The van der Waals surface area contributed by atoms with Crippen molar-refractivity contribution in [2.75, 3.05) is 5.32 Å². The monoisotopic (exact) mass is 364 g/mol. The van der Waals surface area contributed by atoms with Gasteiger partial charge in [0.1, 0.15) is 24.2 Å². The number of nitro groups is 1. The number of amides is 1. The smallest absolute Gasteiger partial charge is 0.275 e. The molecule has 0 radical (unpaired) electrons. The van der Waals surface area contributed by atoms with Crippen LogP contribution < -0.4 is 5.32 Å². The lowest BCUT2D eigenvalue weighted by Crippen LogP contribution is -2.19. The van der Waals surface area contributed by atoms with E-state index in [9.17, 15) is 14.9 Å². The lowest BCUT2D eigenvalue weighted by Gasteiger charge is -2.06. The number of hydrogen-bond acceptors (Lipinski definition) is 7. The van der Waals surface area contributed by atoms with Crippen molar-refractivity contribution in [3.63, 3.8) is 0 Å². The summed E-state index contributed by atoms with van der Waals surface area (Å²) in [4.78, 5) is 22.9. The highest BCUT2D eigenvalue weighted by Crippen LogP contribution is 2.35. The van der Waals surface area contributed by atoms with E-state index in [2.05, 4.69) is 20.8 Å². The van der Waals surface area contributed by atoms with E-state index in [4.69, 9.17) is 4.42 Å². The van der Waals surface area contributed by atoms with Gasteiger partial charge in [0.2, 0.25) is 5.91 Å². The topological polar surface area (TPSA) is 129 Å². The third-order valence-corrected chi connectivity index (χ3v) is 3.86. The highest BCUT2D eigenvalue weighted by molar-refractivity contribution is 6.03. The maximum Gasteiger partial charge on any atom is 0.275 e. The van der Waals surface area contributed by atoms with Crippen molar-refractivity contribution in [1.82, 2.24) is 20.2 Å². The van der Waals surface area contributed by atoms with Crippen LogP contribution in [0.3, 0.4) is 0 Å². The van der Waals surface area contributed by atoms with Crippen LogP contribution in [-0.2, 0) is 11.3 Å². The quantitative estimate of drug-likeness (QED) is 0.425. The number of nitro benzene ring substituents is 1. The minimum Gasteiger partial charge on any atom is -0.456 e. The van der Waals surface area contributed by atoms with Crippen LogP contribution in [-0.4, -0.2) is 31.0 Å². The second kappa shape index (κ2) is 6.67. The largest absolute Gasteiger partial charge is 0.456 e. The van der Waals surface area contributed by atoms with E-state index < -0.39 is 10.8 Å². The Balaban J connectivity index is 1.74. The Kier molecular flexibility index (Phi) is 4.05. The average molecular weight is 364 g/mol. The van der Waals surface area contributed by atoms with Gasteiger partial charge in [0.25, 0.3) is 5.69 Å². The highest BCUT2D eigenvalue weighted by atomic mass is 16.6. The van der Waals surface area contributed by atoms with Crippen molar-refractivity contribution in [3.8, 4) is 11.3 Å². The first-order valence-electron chi connectivity index (χ1n) is 7.88. The molecular formula is C17H12N6O4. The Hall–Kier alpha value is -4.08. The number of fused-ring (bicyclic) bond motifs is 1. The summed E-state index contributed by atoms with van der Waals surface area (Å²) in [5.74, 6) is 0.119. The Morgan fingerprint density at radius 3 is 2.74 bits per heavy atom. The zero-order valence-corrected chi connectivity index (χ0v) is 13.8. The van der Waals surface area contributed by atoms with Gasteiger partial charge in [0, 0.05) is 17.0 Å². The van der Waals surface area contributed by atoms with E-state index in [0.717, 1.165) is 5.56 Å². The molecule has 10 heteroatoms. The summed E-state index contributed by atoms with van der Waals surface area (Å²) in [7, 11) is 0. The second-order valence-electron chi connectivity index (χ2n) is 5.69. The molecule has 0 bridgehead atoms. The Bertz CT molecular complexity index is 1120. The van der Waals surface area contributed by atoms with Gasteiger partial charge in [0.05, 0.1) is 16.7 Å². The first-order chi connectivity index (χ1) is 13.1. The van der Waals surface area contributed by atoms with E-state index in [0.29, 0.717) is 16.7 Å². The third kappa shape index (κ3) is 3.35. The summed E-state index contributed by atoms with van der Waals surface area (Å²) in [6.45, 7) is -0.124. The second-order valence-corrected chi connectivity index (χ2v) is 5.69. The van der Waals surface area contributed by atoms with Crippen molar-refractivity contribution >= 4 is 28.3 Å². The summed E-state index contributed by atoms with van der Waals surface area (Å²) in [5.41, 5.74) is 1.22. The molecule has 1 amide bonds. The summed E-state index contributed by atoms with van der Waals surface area (Å²) < 4.78 is 7.02. The molecule has 0 aliphatic rings. The van der Waals surface area contributed by atoms with Crippen molar-refractivity contribution in [2.45, 2.75) is 6.54 Å². The van der Waals surface area contributed by atoms with Crippen LogP contribution in [0.2, 0.25) is 0 Å². The number of carbonyl (C=O) groups is 1. The molecule has 2 aromatic heterocycles. The summed E-state index contributed by atoms with van der Waals surface area (Å²) >= 11 is 0. The van der Waals surface area contributed by atoms with E-state index in [1.807, 2.05) is 30.3 Å². The minimum absolute atomic E-state index is 0.124. The van der Waals surface area contributed by atoms with Crippen molar-refractivity contribution in [3.05, 3.63) is 65.0 Å². The molecule has 2 aromatic carbocycles. The number of nitrogens with zero attached hydrogens (tertiary/aromatic N) is 5. The SMILES string of the molecule is O=C(Cn1cnnn1)Nc1cc([N+](=O)[O-])cc2oc(-c3ccccc3)cc12. The van der Waals surface area contributed by atoms with Gasteiger partial charge in [-0.15, -0.1) is 5.10 Å². The number of hydrogen-bond donors (Lipinski definition) is 1. The van der Waals surface area contributed by atoms with Crippen LogP contribution in [0.4, 0.5) is 11.4 Å². The van der Waals surface area contributed by atoms with Crippen LogP contribution in [0.25, 0.3) is 22.3 Å². The standard InChI is InChI=1S/C17H12N6O4/c24-17(9-22-10-18-20-21-22)19-14-6-12(23(25)26)7-16-13(14)8-15(27-16)11-4-2-1-3-5-11/h1-8,10H,9H2,(H,19,24). The molecule has 2 heterocycles. The van der Waals surface area contributed by atoms with Crippen molar-refractivity contribution < 1.29 is 14.1 Å². The maximum absolute atomic E-state index is 12.3. The number of furan rings is 1. The molecule has 0 saturated carbocycles. The van der Waals surface area contributed by atoms with Crippen LogP contribution in [0.5, 0.6) is 0 Å². The summed E-state index contributed by atoms with van der Waals surface area (Å²) in [6, 6.07) is 13.7. The van der Waals surface area contributed by atoms with E-state index in [-0.39, 0.29) is 17.9 Å². The fraction of sp³-hybridized carbons (Fsp3) is 0.0588. The molecule has 10 nitrogen and oxygen atoms in total. The molecule has 0 fully saturated rings. The molecule has 0 atom stereocenters. The highest BCUT2D eigenvalue weighted by Gasteiger charge is 2.18. The number of aromatic nitrogens is 4. The lowest BCUT2D eigenvalue weighted by atomic mass is 10.1. The fourth-order valence-electron chi connectivity index (χ4n) is 2.67. The Morgan fingerprint density at radius 2 is 2.04 bits per heavy atom. The van der Waals surface area contributed by atoms with Gasteiger partial charge in [-0.1, -0.05) is 30.3 Å². The van der Waals surface area contributed by atoms with E-state index in [1.165, 1.54) is 23.1 Å². The van der Waals surface area contributed by atoms with Gasteiger partial charge >= 0.3 is 0 Å². The first-order valence-corrected chi connectivity index (χ1v) is 7.88. The van der Waals surface area contributed by atoms with Crippen LogP contribution in [0.1, 0.15) is 0 Å². The molecule has 134 valence electrons. The van der Waals surface area contributed by atoms with Gasteiger partial charge in [-0.2, -0.15) is 0 Å². The van der Waals surface area contributed by atoms with Crippen LogP contribution >= 0.6 is 0 Å². The molecule has 1 N–H and O–H groups in total. The van der Waals surface area contributed by atoms with Crippen molar-refractivity contribution in [2.24, 2.45) is 0 Å². The molecule has 0 spiro atoms. The third-order valence-electron chi connectivity index (χ3n) is 3.86. The zero-order valence-electron chi connectivity index (χ0n) is 13.8. The van der Waals surface area contributed by atoms with E-state index in [1.54, 1.807) is 6.07 Å². The molecule has 0 aliphatic heterocycles. The number of nitrogens with one attached hydrogen (secondary N) is 1. The molecule has 4 aromatic rings. The first kappa shape index (κ1) is 16.4. The van der Waals surface area contributed by atoms with Gasteiger partial charge in [-0.25, -0.2) is 4.68 Å². The zero-order chi connectivity index (χ0) is 18.8. The van der Waals surface area contributed by atoms with Gasteiger partial charge in [0.15, 0.2) is 0 Å². The number of tetrazole rings is 1. The van der Waals surface area contributed by atoms with Gasteiger partial charge in [-0.05, 0) is 16.5 Å².